The Morgan fingerprint density at radius 3 is 2.36 bits per heavy atom. The monoisotopic (exact) mass is 154 g/mol. The Bertz CT molecular complexity index is 98.6. The van der Waals surface area contributed by atoms with Crippen LogP contribution in [0.1, 0.15) is 52.9 Å². The van der Waals surface area contributed by atoms with Gasteiger partial charge >= 0.3 is 0 Å². The van der Waals surface area contributed by atoms with Crippen molar-refractivity contribution in [2.24, 2.45) is 17.8 Å². The van der Waals surface area contributed by atoms with Crippen LogP contribution in [0.15, 0.2) is 0 Å². The number of hydrogen-bond donors (Lipinski definition) is 0. The van der Waals surface area contributed by atoms with Gasteiger partial charge in [-0.3, -0.25) is 0 Å². The average Bonchev–Trinajstić information content (AvgIpc) is 1.84. The Labute approximate surface area is 71.4 Å². The zero-order valence-corrected chi connectivity index (χ0v) is 8.27. The quantitative estimate of drug-likeness (QED) is 0.577. The Kier molecular flexibility index (Phi) is 3.42. The van der Waals surface area contributed by atoms with Gasteiger partial charge in [-0.15, -0.1) is 0 Å². The van der Waals surface area contributed by atoms with Gasteiger partial charge < -0.3 is 0 Å². The van der Waals surface area contributed by atoms with Crippen molar-refractivity contribution in [3.8, 4) is 0 Å². The highest BCUT2D eigenvalue weighted by atomic mass is 14.4. The molecule has 1 aliphatic rings. The fourth-order valence-corrected chi connectivity index (χ4v) is 2.06. The summed E-state index contributed by atoms with van der Waals surface area (Å²) in [5.41, 5.74) is 0. The molecule has 0 nitrogen and oxygen atoms in total. The molecule has 1 fully saturated rings. The van der Waals surface area contributed by atoms with Crippen LogP contribution in [0.5, 0.6) is 0 Å². The third kappa shape index (κ3) is 2.50. The minimum atomic E-state index is 0.938. The molecule has 0 heteroatoms. The lowest BCUT2D eigenvalue weighted by Gasteiger charge is -2.38. The van der Waals surface area contributed by atoms with Crippen LogP contribution in [0.4, 0.5) is 0 Å². The molecule has 11 heavy (non-hydrogen) atoms. The van der Waals surface area contributed by atoms with Gasteiger partial charge in [-0.25, -0.2) is 0 Å². The zero-order valence-electron chi connectivity index (χ0n) is 8.27. The van der Waals surface area contributed by atoms with Gasteiger partial charge in [0, 0.05) is 0 Å². The summed E-state index contributed by atoms with van der Waals surface area (Å²) in [7, 11) is 0. The predicted octanol–water partition coefficient (Wildman–Crippen LogP) is 3.86. The molecule has 0 saturated heterocycles. The molecule has 66 valence electrons. The smallest absolute Gasteiger partial charge is 0.0386 e. The normalized spacial score (nSPS) is 30.5. The lowest BCUT2D eigenvalue weighted by Crippen LogP contribution is -2.27. The molecular weight excluding hydrogens is 132 g/mol. The molecule has 1 aliphatic carbocycles. The first-order valence-electron chi connectivity index (χ1n) is 5.24. The summed E-state index contributed by atoms with van der Waals surface area (Å²) in [6.07, 6.45) is 7.38. The Morgan fingerprint density at radius 2 is 1.91 bits per heavy atom. The summed E-state index contributed by atoms with van der Waals surface area (Å²) in [4.78, 5) is 0. The SMILES string of the molecule is CCCCC1CC(C(C)C)C1. The largest absolute Gasteiger partial charge is 0.0654 e. The highest BCUT2D eigenvalue weighted by Gasteiger charge is 2.29. The first-order valence-corrected chi connectivity index (χ1v) is 5.24. The Morgan fingerprint density at radius 1 is 1.27 bits per heavy atom. The summed E-state index contributed by atoms with van der Waals surface area (Å²) in [5, 5.41) is 0. The zero-order chi connectivity index (χ0) is 8.27. The van der Waals surface area contributed by atoms with E-state index in [4.69, 9.17) is 0 Å². The van der Waals surface area contributed by atoms with Gasteiger partial charge in [0.2, 0.25) is 0 Å². The van der Waals surface area contributed by atoms with Crippen LogP contribution in [0.25, 0.3) is 0 Å². The second kappa shape index (κ2) is 4.13. The molecule has 0 aromatic rings. The molecule has 0 spiro atoms. The third-order valence-corrected chi connectivity index (χ3v) is 3.18. The van der Waals surface area contributed by atoms with Crippen molar-refractivity contribution in [2.45, 2.75) is 52.9 Å². The van der Waals surface area contributed by atoms with E-state index in [0.29, 0.717) is 0 Å². The van der Waals surface area contributed by atoms with Gasteiger partial charge in [0.15, 0.2) is 0 Å². The number of hydrogen-bond acceptors (Lipinski definition) is 0. The first kappa shape index (κ1) is 9.09. The molecule has 0 aromatic heterocycles. The van der Waals surface area contributed by atoms with Crippen LogP contribution in [-0.4, -0.2) is 0 Å². The maximum absolute atomic E-state index is 2.36. The van der Waals surface area contributed by atoms with Crippen molar-refractivity contribution in [1.29, 1.82) is 0 Å². The molecule has 0 aliphatic heterocycles. The summed E-state index contributed by atoms with van der Waals surface area (Å²) in [6.45, 7) is 7.01. The van der Waals surface area contributed by atoms with Crippen LogP contribution in [0, 0.1) is 17.8 Å². The maximum Gasteiger partial charge on any atom is -0.0386 e. The summed E-state index contributed by atoms with van der Waals surface area (Å²) in [6, 6.07) is 0. The van der Waals surface area contributed by atoms with E-state index in [9.17, 15) is 0 Å². The molecule has 0 N–H and O–H groups in total. The van der Waals surface area contributed by atoms with Crippen molar-refractivity contribution >= 4 is 0 Å². The van der Waals surface area contributed by atoms with Crippen molar-refractivity contribution < 1.29 is 0 Å². The lowest BCUT2D eigenvalue weighted by molar-refractivity contribution is 0.131. The fourth-order valence-electron chi connectivity index (χ4n) is 2.06. The van der Waals surface area contributed by atoms with E-state index >= 15 is 0 Å². The average molecular weight is 154 g/mol. The molecule has 0 atom stereocenters. The van der Waals surface area contributed by atoms with Crippen LogP contribution < -0.4 is 0 Å². The summed E-state index contributed by atoms with van der Waals surface area (Å²) < 4.78 is 0. The third-order valence-electron chi connectivity index (χ3n) is 3.18. The van der Waals surface area contributed by atoms with Crippen molar-refractivity contribution in [1.82, 2.24) is 0 Å². The summed E-state index contributed by atoms with van der Waals surface area (Å²) >= 11 is 0. The van der Waals surface area contributed by atoms with Crippen LogP contribution in [0.2, 0.25) is 0 Å². The lowest BCUT2D eigenvalue weighted by atomic mass is 9.68. The van der Waals surface area contributed by atoms with E-state index in [1.54, 1.807) is 0 Å². The second-order valence-corrected chi connectivity index (χ2v) is 4.48. The van der Waals surface area contributed by atoms with E-state index in [1.165, 1.54) is 32.1 Å². The van der Waals surface area contributed by atoms with Crippen LogP contribution >= 0.6 is 0 Å². The number of rotatable bonds is 4. The van der Waals surface area contributed by atoms with Gasteiger partial charge in [-0.1, -0.05) is 40.0 Å². The van der Waals surface area contributed by atoms with E-state index in [2.05, 4.69) is 20.8 Å². The van der Waals surface area contributed by atoms with Crippen LogP contribution in [0.3, 0.4) is 0 Å². The minimum absolute atomic E-state index is 0.938. The molecule has 0 bridgehead atoms. The molecular formula is C11H22. The van der Waals surface area contributed by atoms with Gasteiger partial charge in [0.1, 0.15) is 0 Å². The van der Waals surface area contributed by atoms with Crippen molar-refractivity contribution in [3.05, 3.63) is 0 Å². The fraction of sp³-hybridized carbons (Fsp3) is 1.00. The van der Waals surface area contributed by atoms with Crippen molar-refractivity contribution in [2.75, 3.05) is 0 Å². The second-order valence-electron chi connectivity index (χ2n) is 4.48. The van der Waals surface area contributed by atoms with Gasteiger partial charge in [-0.2, -0.15) is 0 Å². The Hall–Kier alpha value is 0. The van der Waals surface area contributed by atoms with Gasteiger partial charge in [0.05, 0.1) is 0 Å². The predicted molar refractivity (Wildman–Crippen MR) is 50.6 cm³/mol. The molecule has 0 heterocycles. The van der Waals surface area contributed by atoms with Crippen molar-refractivity contribution in [3.63, 3.8) is 0 Å². The van der Waals surface area contributed by atoms with E-state index in [1.807, 2.05) is 0 Å². The molecule has 0 amide bonds. The minimum Gasteiger partial charge on any atom is -0.0654 e. The first-order chi connectivity index (χ1) is 5.24. The Balaban J connectivity index is 2.00. The molecule has 0 aromatic carbocycles. The van der Waals surface area contributed by atoms with Gasteiger partial charge in [-0.05, 0) is 30.6 Å². The van der Waals surface area contributed by atoms with Crippen LogP contribution in [-0.2, 0) is 0 Å². The maximum atomic E-state index is 2.36. The highest BCUT2D eigenvalue weighted by Crippen LogP contribution is 2.41. The van der Waals surface area contributed by atoms with E-state index in [0.717, 1.165) is 17.8 Å². The topological polar surface area (TPSA) is 0 Å². The summed E-state index contributed by atoms with van der Waals surface area (Å²) in [5.74, 6) is 3.10. The van der Waals surface area contributed by atoms with Gasteiger partial charge in [0.25, 0.3) is 0 Å². The van der Waals surface area contributed by atoms with E-state index < -0.39 is 0 Å². The highest BCUT2D eigenvalue weighted by molar-refractivity contribution is 4.80. The number of unbranched alkanes of at least 4 members (excludes halogenated alkanes) is 1. The molecule has 1 saturated carbocycles. The molecule has 0 radical (unpaired) electrons. The molecule has 1 rings (SSSR count). The standard InChI is InChI=1S/C11H22/c1-4-5-6-10-7-11(8-10)9(2)3/h9-11H,4-8H2,1-3H3. The molecule has 0 unspecified atom stereocenters. The van der Waals surface area contributed by atoms with E-state index in [-0.39, 0.29) is 0 Å².